The molecule has 0 amide bonds. The van der Waals surface area contributed by atoms with E-state index in [4.69, 9.17) is 23.2 Å². The van der Waals surface area contributed by atoms with Crippen LogP contribution in [-0.4, -0.2) is 4.98 Å². The van der Waals surface area contributed by atoms with Gasteiger partial charge in [0.05, 0.1) is 0 Å². The fraction of sp³-hybridized carbons (Fsp3) is 0. The summed E-state index contributed by atoms with van der Waals surface area (Å²) in [6.45, 7) is 0. The van der Waals surface area contributed by atoms with Gasteiger partial charge in [-0.2, -0.15) is 0 Å². The molecule has 1 aromatic heterocycles. The van der Waals surface area contributed by atoms with E-state index >= 15 is 0 Å². The zero-order valence-corrected chi connectivity index (χ0v) is 9.20. The molecule has 0 bridgehead atoms. The first kappa shape index (κ1) is 10.3. The van der Waals surface area contributed by atoms with Crippen LogP contribution in [0, 0.1) is 0 Å². The molecule has 0 fully saturated rings. The number of hydrogen-bond acceptors (Lipinski definition) is 1. The molecule has 2 nitrogen and oxygen atoms in total. The van der Waals surface area contributed by atoms with Crippen LogP contribution in [0.25, 0.3) is 5.32 Å². The molecule has 0 saturated carbocycles. The zero-order valence-electron chi connectivity index (χ0n) is 7.69. The van der Waals surface area contributed by atoms with Gasteiger partial charge in [-0.3, -0.25) is 0 Å². The van der Waals surface area contributed by atoms with Crippen LogP contribution < -0.4 is 0 Å². The smallest absolute Gasteiger partial charge is 0.114 e. The lowest BCUT2D eigenvalue weighted by Crippen LogP contribution is -1.75. The number of aromatic nitrogens is 1. The summed E-state index contributed by atoms with van der Waals surface area (Å²) in [6.07, 6.45) is 1.63. The molecule has 2 aromatic rings. The van der Waals surface area contributed by atoms with Gasteiger partial charge in [-0.25, -0.2) is 4.98 Å². The first-order valence-electron chi connectivity index (χ1n) is 4.33. The van der Waals surface area contributed by atoms with Crippen molar-refractivity contribution >= 4 is 34.6 Å². The second-order valence-electron chi connectivity index (χ2n) is 2.90. The molecular formula is C11H7Cl2N2-. The van der Waals surface area contributed by atoms with Gasteiger partial charge in [0, 0.05) is 11.2 Å². The highest BCUT2D eigenvalue weighted by atomic mass is 35.5. The summed E-state index contributed by atoms with van der Waals surface area (Å²) >= 11 is 11.6. The van der Waals surface area contributed by atoms with E-state index in [0.717, 1.165) is 5.69 Å². The van der Waals surface area contributed by atoms with Gasteiger partial charge >= 0.3 is 0 Å². The molecule has 0 aliphatic rings. The average molecular weight is 238 g/mol. The van der Waals surface area contributed by atoms with Crippen molar-refractivity contribution < 1.29 is 0 Å². The highest BCUT2D eigenvalue weighted by molar-refractivity contribution is 6.32. The fourth-order valence-corrected chi connectivity index (χ4v) is 1.40. The van der Waals surface area contributed by atoms with Crippen LogP contribution in [0.1, 0.15) is 0 Å². The number of pyridine rings is 1. The minimum Gasteiger partial charge on any atom is -0.655 e. The monoisotopic (exact) mass is 237 g/mol. The number of hydrogen-bond donors (Lipinski definition) is 0. The van der Waals surface area contributed by atoms with Gasteiger partial charge in [0.1, 0.15) is 5.15 Å². The van der Waals surface area contributed by atoms with Crippen LogP contribution >= 0.6 is 23.2 Å². The maximum absolute atomic E-state index is 5.87. The Morgan fingerprint density at radius 1 is 1.00 bits per heavy atom. The van der Waals surface area contributed by atoms with E-state index in [1.807, 2.05) is 18.2 Å². The van der Waals surface area contributed by atoms with Crippen molar-refractivity contribution in [1.29, 1.82) is 0 Å². The summed E-state index contributed by atoms with van der Waals surface area (Å²) in [6, 6.07) is 10.8. The molecule has 0 spiro atoms. The third kappa shape index (κ3) is 2.61. The zero-order chi connectivity index (χ0) is 10.7. The van der Waals surface area contributed by atoms with Crippen LogP contribution in [-0.2, 0) is 0 Å². The van der Waals surface area contributed by atoms with Gasteiger partial charge in [0.25, 0.3) is 0 Å². The Hall–Kier alpha value is -1.25. The number of nitrogens with zero attached hydrogens (tertiary/aromatic N) is 2. The standard InChI is InChI=1S/C11H7Cl2N2/c12-8-3-5-9(6-4-8)15-10-2-1-7-14-11(10)13/h1-7H/q-1. The molecule has 0 aliphatic carbocycles. The lowest BCUT2D eigenvalue weighted by molar-refractivity contribution is 1.33. The van der Waals surface area contributed by atoms with E-state index in [0.29, 0.717) is 15.9 Å². The largest absolute Gasteiger partial charge is 0.655 e. The molecule has 76 valence electrons. The van der Waals surface area contributed by atoms with Crippen molar-refractivity contribution in [2.45, 2.75) is 0 Å². The Bertz CT molecular complexity index is 454. The van der Waals surface area contributed by atoms with E-state index < -0.39 is 0 Å². The Labute approximate surface area is 97.9 Å². The lowest BCUT2D eigenvalue weighted by Gasteiger charge is -2.22. The van der Waals surface area contributed by atoms with Crippen molar-refractivity contribution in [3.05, 3.63) is 58.1 Å². The topological polar surface area (TPSA) is 27.0 Å². The van der Waals surface area contributed by atoms with Crippen molar-refractivity contribution in [3.63, 3.8) is 0 Å². The van der Waals surface area contributed by atoms with Gasteiger partial charge in [0.2, 0.25) is 0 Å². The van der Waals surface area contributed by atoms with E-state index in [9.17, 15) is 0 Å². The fourth-order valence-electron chi connectivity index (χ4n) is 1.12. The molecular weight excluding hydrogens is 231 g/mol. The Balaban J connectivity index is 2.22. The van der Waals surface area contributed by atoms with Crippen molar-refractivity contribution in [1.82, 2.24) is 4.98 Å². The van der Waals surface area contributed by atoms with E-state index in [2.05, 4.69) is 10.3 Å². The predicted molar refractivity (Wildman–Crippen MR) is 63.4 cm³/mol. The summed E-state index contributed by atoms with van der Waals surface area (Å²) in [5.41, 5.74) is 1.45. The van der Waals surface area contributed by atoms with Crippen LogP contribution in [0.5, 0.6) is 0 Å². The van der Waals surface area contributed by atoms with E-state index in [1.165, 1.54) is 0 Å². The summed E-state index contributed by atoms with van der Waals surface area (Å²) in [4.78, 5) is 3.94. The molecule has 0 atom stereocenters. The summed E-state index contributed by atoms with van der Waals surface area (Å²) in [5.74, 6) is 0. The Morgan fingerprint density at radius 2 is 1.73 bits per heavy atom. The van der Waals surface area contributed by atoms with Gasteiger partial charge < -0.3 is 5.32 Å². The predicted octanol–water partition coefficient (Wildman–Crippen LogP) is 4.73. The lowest BCUT2D eigenvalue weighted by atomic mass is 10.3. The average Bonchev–Trinajstić information content (AvgIpc) is 2.25. The van der Waals surface area contributed by atoms with Crippen molar-refractivity contribution in [2.75, 3.05) is 0 Å². The molecule has 1 aromatic carbocycles. The molecule has 0 radical (unpaired) electrons. The third-order valence-electron chi connectivity index (χ3n) is 1.82. The van der Waals surface area contributed by atoms with E-state index in [-0.39, 0.29) is 0 Å². The first-order chi connectivity index (χ1) is 7.25. The second-order valence-corrected chi connectivity index (χ2v) is 3.70. The maximum atomic E-state index is 5.87. The van der Waals surface area contributed by atoms with Crippen LogP contribution in [0.2, 0.25) is 10.2 Å². The van der Waals surface area contributed by atoms with Crippen LogP contribution in [0.4, 0.5) is 11.4 Å². The van der Waals surface area contributed by atoms with Gasteiger partial charge in [0.15, 0.2) is 0 Å². The molecule has 0 saturated heterocycles. The molecule has 2 rings (SSSR count). The first-order valence-corrected chi connectivity index (χ1v) is 5.09. The summed E-state index contributed by atoms with van der Waals surface area (Å²) in [5, 5.41) is 5.41. The molecule has 0 N–H and O–H groups in total. The van der Waals surface area contributed by atoms with E-state index in [1.54, 1.807) is 24.4 Å². The van der Waals surface area contributed by atoms with Gasteiger partial charge in [-0.05, 0) is 18.2 Å². The highest BCUT2D eigenvalue weighted by Crippen LogP contribution is 2.34. The minimum absolute atomic E-state index is 0.396. The van der Waals surface area contributed by atoms with Gasteiger partial charge in [-0.1, -0.05) is 47.1 Å². The summed E-state index contributed by atoms with van der Waals surface area (Å²) in [7, 11) is 0. The normalized spacial score (nSPS) is 10.0. The quantitative estimate of drug-likeness (QED) is 0.695. The molecule has 1 heterocycles. The number of rotatable bonds is 2. The minimum atomic E-state index is 0.396. The van der Waals surface area contributed by atoms with Gasteiger partial charge in [-0.15, -0.1) is 5.69 Å². The van der Waals surface area contributed by atoms with Crippen LogP contribution in [0.3, 0.4) is 0 Å². The molecule has 4 heteroatoms. The number of halogens is 2. The molecule has 15 heavy (non-hydrogen) atoms. The SMILES string of the molecule is Clc1ccc([N-]c2cccnc2Cl)cc1. The second kappa shape index (κ2) is 4.51. The Morgan fingerprint density at radius 3 is 2.40 bits per heavy atom. The van der Waals surface area contributed by atoms with Crippen molar-refractivity contribution in [3.8, 4) is 0 Å². The van der Waals surface area contributed by atoms with Crippen molar-refractivity contribution in [2.24, 2.45) is 0 Å². The maximum Gasteiger partial charge on any atom is 0.114 e. The number of benzene rings is 1. The summed E-state index contributed by atoms with van der Waals surface area (Å²) < 4.78 is 0. The third-order valence-corrected chi connectivity index (χ3v) is 2.36. The Kier molecular flexibility index (Phi) is 3.09. The van der Waals surface area contributed by atoms with Crippen LogP contribution in [0.15, 0.2) is 42.6 Å². The molecule has 0 unspecified atom stereocenters. The highest BCUT2D eigenvalue weighted by Gasteiger charge is 1.90. The molecule has 0 aliphatic heterocycles.